The van der Waals surface area contributed by atoms with E-state index in [2.05, 4.69) is 4.53 Å². The molecular weight excluding hydrogens is 250 g/mol. The number of anilines is 2. The summed E-state index contributed by atoms with van der Waals surface area (Å²) in [6.07, 6.45) is 0. The van der Waals surface area contributed by atoms with Gasteiger partial charge in [0.25, 0.3) is 0 Å². The van der Waals surface area contributed by atoms with Crippen LogP contribution < -0.4 is 11.5 Å². The lowest BCUT2D eigenvalue weighted by Crippen LogP contribution is -2.02. The summed E-state index contributed by atoms with van der Waals surface area (Å²) in [5.74, 6) is 0. The maximum absolute atomic E-state index is 12.7. The molecule has 0 saturated carbocycles. The van der Waals surface area contributed by atoms with E-state index in [0.29, 0.717) is 21.2 Å². The summed E-state index contributed by atoms with van der Waals surface area (Å²) in [4.78, 5) is 0.785. The van der Waals surface area contributed by atoms with E-state index < -0.39 is 9.73 Å². The van der Waals surface area contributed by atoms with Crippen molar-refractivity contribution in [2.24, 2.45) is 4.53 Å². The van der Waals surface area contributed by atoms with Crippen LogP contribution in [0, 0.1) is 0 Å². The SMILES string of the molecule is Nc1ccc(S(=O)(=NO)c2ccc(N)cc2)cc1. The van der Waals surface area contributed by atoms with Crippen molar-refractivity contribution in [3.05, 3.63) is 48.5 Å². The van der Waals surface area contributed by atoms with Crippen molar-refractivity contribution < 1.29 is 9.42 Å². The lowest BCUT2D eigenvalue weighted by molar-refractivity contribution is 0.324. The van der Waals surface area contributed by atoms with E-state index in [1.54, 1.807) is 48.5 Å². The van der Waals surface area contributed by atoms with Crippen LogP contribution in [0.5, 0.6) is 0 Å². The Labute approximate surface area is 105 Å². The smallest absolute Gasteiger partial charge is 0.131 e. The van der Waals surface area contributed by atoms with Gasteiger partial charge in [-0.2, -0.15) is 0 Å². The molecule has 2 rings (SSSR count). The van der Waals surface area contributed by atoms with Gasteiger partial charge in [-0.3, -0.25) is 5.21 Å². The standard InChI is InChI=1S/C12H13N3O2S/c13-9-1-5-11(6-2-9)18(17,15-16)12-7-3-10(14)4-8-12/h1-8,16H,13-14H2. The van der Waals surface area contributed by atoms with Crippen molar-refractivity contribution >= 4 is 21.1 Å². The molecule has 2 aromatic carbocycles. The summed E-state index contributed by atoms with van der Waals surface area (Å²) in [7, 11) is -3.05. The number of hydrogen-bond donors (Lipinski definition) is 3. The van der Waals surface area contributed by atoms with Gasteiger partial charge in [0.1, 0.15) is 9.73 Å². The molecule has 0 fully saturated rings. The van der Waals surface area contributed by atoms with Crippen molar-refractivity contribution in [2.45, 2.75) is 9.79 Å². The summed E-state index contributed by atoms with van der Waals surface area (Å²) >= 11 is 0. The maximum atomic E-state index is 12.7. The fraction of sp³-hybridized carbons (Fsp3) is 0. The van der Waals surface area contributed by atoms with E-state index in [1.807, 2.05) is 0 Å². The minimum absolute atomic E-state index is 0.393. The normalized spacial score (nSPS) is 11.2. The van der Waals surface area contributed by atoms with Crippen molar-refractivity contribution in [1.82, 2.24) is 0 Å². The molecule has 0 aromatic heterocycles. The first-order chi connectivity index (χ1) is 8.56. The van der Waals surface area contributed by atoms with E-state index in [4.69, 9.17) is 16.7 Å². The highest BCUT2D eigenvalue weighted by Crippen LogP contribution is 2.24. The lowest BCUT2D eigenvalue weighted by Gasteiger charge is -2.09. The highest BCUT2D eigenvalue weighted by Gasteiger charge is 2.15. The molecule has 18 heavy (non-hydrogen) atoms. The van der Waals surface area contributed by atoms with E-state index >= 15 is 0 Å². The zero-order chi connectivity index (χ0) is 13.2. The average Bonchev–Trinajstić information content (AvgIpc) is 2.39. The Hall–Kier alpha value is -2.05. The molecular formula is C12H13N3O2S. The summed E-state index contributed by atoms with van der Waals surface area (Å²) in [5.41, 5.74) is 12.2. The largest absolute Gasteiger partial charge is 0.399 e. The third-order valence-electron chi connectivity index (χ3n) is 2.51. The van der Waals surface area contributed by atoms with Crippen LogP contribution in [0.25, 0.3) is 0 Å². The fourth-order valence-corrected chi connectivity index (χ4v) is 3.01. The van der Waals surface area contributed by atoms with Gasteiger partial charge < -0.3 is 11.5 Å². The molecule has 5 nitrogen and oxygen atoms in total. The molecule has 6 heteroatoms. The summed E-state index contributed by atoms with van der Waals surface area (Å²) < 4.78 is 15.7. The summed E-state index contributed by atoms with van der Waals surface area (Å²) in [5, 5.41) is 9.12. The van der Waals surface area contributed by atoms with Crippen LogP contribution in [0.2, 0.25) is 0 Å². The Morgan fingerprint density at radius 3 is 1.44 bits per heavy atom. The Kier molecular flexibility index (Phi) is 3.22. The van der Waals surface area contributed by atoms with Crippen molar-refractivity contribution in [1.29, 1.82) is 0 Å². The number of rotatable bonds is 2. The minimum atomic E-state index is -3.05. The average molecular weight is 263 g/mol. The number of benzene rings is 2. The topological polar surface area (TPSA) is 102 Å². The summed E-state index contributed by atoms with van der Waals surface area (Å²) in [6, 6.07) is 12.7. The first-order valence-corrected chi connectivity index (χ1v) is 6.69. The zero-order valence-electron chi connectivity index (χ0n) is 9.48. The molecule has 0 unspecified atom stereocenters. The van der Waals surface area contributed by atoms with Gasteiger partial charge in [0.2, 0.25) is 0 Å². The molecule has 0 amide bonds. The summed E-state index contributed by atoms with van der Waals surface area (Å²) in [6.45, 7) is 0. The van der Waals surface area contributed by atoms with Crippen LogP contribution in [0.1, 0.15) is 0 Å². The number of nitrogens with two attached hydrogens (primary N) is 2. The Morgan fingerprint density at radius 1 is 0.833 bits per heavy atom. The minimum Gasteiger partial charge on any atom is -0.399 e. The van der Waals surface area contributed by atoms with Gasteiger partial charge in [0.15, 0.2) is 0 Å². The van der Waals surface area contributed by atoms with Gasteiger partial charge in [0.05, 0.1) is 9.79 Å². The number of nitrogens with zero attached hydrogens (tertiary/aromatic N) is 1. The predicted molar refractivity (Wildman–Crippen MR) is 70.6 cm³/mol. The molecule has 5 N–H and O–H groups in total. The maximum Gasteiger partial charge on any atom is 0.131 e. The van der Waals surface area contributed by atoms with E-state index in [1.165, 1.54) is 0 Å². The molecule has 2 aromatic rings. The van der Waals surface area contributed by atoms with E-state index in [-0.39, 0.29) is 0 Å². The van der Waals surface area contributed by atoms with E-state index in [0.717, 1.165) is 0 Å². The highest BCUT2D eigenvalue weighted by atomic mass is 32.2. The molecule has 0 bridgehead atoms. The second-order valence-corrected chi connectivity index (χ2v) is 5.90. The number of hydrogen-bond acceptors (Lipinski definition) is 4. The molecule has 0 spiro atoms. The predicted octanol–water partition coefficient (Wildman–Crippen LogP) is 2.13. The Bertz CT molecular complexity index is 605. The zero-order valence-corrected chi connectivity index (χ0v) is 10.3. The van der Waals surface area contributed by atoms with E-state index in [9.17, 15) is 4.21 Å². The molecule has 0 atom stereocenters. The molecule has 0 aliphatic carbocycles. The first kappa shape index (κ1) is 12.4. The van der Waals surface area contributed by atoms with Crippen molar-refractivity contribution in [3.63, 3.8) is 0 Å². The third kappa shape index (κ3) is 2.15. The van der Waals surface area contributed by atoms with Gasteiger partial charge in [-0.05, 0) is 48.5 Å². The Balaban J connectivity index is 2.59. The molecule has 0 aliphatic rings. The molecule has 94 valence electrons. The van der Waals surface area contributed by atoms with Crippen LogP contribution in [-0.2, 0) is 9.73 Å². The van der Waals surface area contributed by atoms with Gasteiger partial charge in [-0.15, -0.1) is 0 Å². The van der Waals surface area contributed by atoms with Crippen LogP contribution >= 0.6 is 0 Å². The molecule has 0 aliphatic heterocycles. The van der Waals surface area contributed by atoms with Crippen LogP contribution in [-0.4, -0.2) is 9.42 Å². The fourth-order valence-electron chi connectivity index (χ4n) is 1.53. The Morgan fingerprint density at radius 2 is 1.17 bits per heavy atom. The second kappa shape index (κ2) is 4.67. The highest BCUT2D eigenvalue weighted by molar-refractivity contribution is 7.93. The number of nitrogen functional groups attached to an aromatic ring is 2. The quantitative estimate of drug-likeness (QED) is 0.570. The van der Waals surface area contributed by atoms with Crippen LogP contribution in [0.4, 0.5) is 11.4 Å². The molecule has 0 heterocycles. The van der Waals surface area contributed by atoms with Gasteiger partial charge in [0, 0.05) is 11.4 Å². The van der Waals surface area contributed by atoms with Crippen LogP contribution in [0.3, 0.4) is 0 Å². The molecule has 0 radical (unpaired) electrons. The van der Waals surface area contributed by atoms with Gasteiger partial charge in [-0.25, -0.2) is 4.21 Å². The molecule has 0 saturated heterocycles. The second-order valence-electron chi connectivity index (χ2n) is 3.75. The third-order valence-corrected chi connectivity index (χ3v) is 4.57. The van der Waals surface area contributed by atoms with Crippen LogP contribution in [0.15, 0.2) is 62.8 Å². The first-order valence-electron chi connectivity index (χ1n) is 5.18. The monoisotopic (exact) mass is 263 g/mol. The van der Waals surface area contributed by atoms with Crippen molar-refractivity contribution in [2.75, 3.05) is 11.5 Å². The van der Waals surface area contributed by atoms with Gasteiger partial charge in [-0.1, -0.05) is 4.53 Å². The van der Waals surface area contributed by atoms with Crippen molar-refractivity contribution in [3.8, 4) is 0 Å². The van der Waals surface area contributed by atoms with Gasteiger partial charge >= 0.3 is 0 Å². The lowest BCUT2D eigenvalue weighted by atomic mass is 10.3.